The molecule has 4 heteroatoms. The molecule has 100 valence electrons. The molecular weight excluding hydrogens is 226 g/mol. The second-order valence-electron chi connectivity index (χ2n) is 6.37. The van der Waals surface area contributed by atoms with E-state index in [0.717, 1.165) is 19.3 Å². The van der Waals surface area contributed by atoms with Gasteiger partial charge in [-0.05, 0) is 30.6 Å². The number of hydrogen-bond donors (Lipinski definition) is 1. The van der Waals surface area contributed by atoms with E-state index in [1.165, 1.54) is 0 Å². The fourth-order valence-corrected chi connectivity index (χ4v) is 3.60. The van der Waals surface area contributed by atoms with Crippen molar-refractivity contribution in [3.63, 3.8) is 0 Å². The molecule has 2 amide bonds. The molecule has 1 aliphatic carbocycles. The van der Waals surface area contributed by atoms with E-state index >= 15 is 0 Å². The lowest BCUT2D eigenvalue weighted by molar-refractivity contribution is 0.0569. The van der Waals surface area contributed by atoms with Gasteiger partial charge in [0.05, 0.1) is 0 Å². The number of rotatable bonds is 2. The van der Waals surface area contributed by atoms with E-state index in [0.29, 0.717) is 23.7 Å². The predicted octanol–water partition coefficient (Wildman–Crippen LogP) is 2.55. The monoisotopic (exact) mass is 249 g/mol. The second kappa shape index (κ2) is 4.11. The molecule has 0 bridgehead atoms. The molecule has 1 fully saturated rings. The molecular formula is C14H23N3O. The van der Waals surface area contributed by atoms with Crippen LogP contribution in [0.4, 0.5) is 4.79 Å². The summed E-state index contributed by atoms with van der Waals surface area (Å²) in [6.45, 7) is 11.0. The number of amides is 2. The maximum atomic E-state index is 12.0. The van der Waals surface area contributed by atoms with Crippen LogP contribution in [0.1, 0.15) is 40.0 Å². The van der Waals surface area contributed by atoms with Gasteiger partial charge >= 0.3 is 6.03 Å². The molecule has 2 rings (SSSR count). The van der Waals surface area contributed by atoms with Crippen molar-refractivity contribution in [2.75, 3.05) is 6.54 Å². The standard InChI is InChI=1S/C14H23N3O/c1-5-8-17-12(18)16-11(15)14(17)7-6-13(3,4)9-10(14)2/h5,10H,1,6-9H2,2-4H3,(H2,15,16,18). The van der Waals surface area contributed by atoms with E-state index in [9.17, 15) is 4.79 Å². The summed E-state index contributed by atoms with van der Waals surface area (Å²) in [5.41, 5.74) is 6.03. The second-order valence-corrected chi connectivity index (χ2v) is 6.37. The molecule has 2 atom stereocenters. The first-order valence-electron chi connectivity index (χ1n) is 6.60. The van der Waals surface area contributed by atoms with Gasteiger partial charge < -0.3 is 10.6 Å². The van der Waals surface area contributed by atoms with E-state index in [2.05, 4.69) is 32.3 Å². The number of nitrogens with zero attached hydrogens (tertiary/aromatic N) is 2. The molecule has 1 aliphatic heterocycles. The summed E-state index contributed by atoms with van der Waals surface area (Å²) in [6, 6.07) is -0.209. The van der Waals surface area contributed by atoms with Gasteiger partial charge in [-0.15, -0.1) is 6.58 Å². The highest BCUT2D eigenvalue weighted by Gasteiger charge is 2.54. The molecule has 0 saturated heterocycles. The van der Waals surface area contributed by atoms with Crippen molar-refractivity contribution in [1.82, 2.24) is 4.90 Å². The molecule has 0 radical (unpaired) electrons. The average Bonchev–Trinajstić information content (AvgIpc) is 2.48. The quantitative estimate of drug-likeness (QED) is 0.765. The maximum absolute atomic E-state index is 12.0. The summed E-state index contributed by atoms with van der Waals surface area (Å²) >= 11 is 0. The lowest BCUT2D eigenvalue weighted by Gasteiger charge is -2.50. The Kier molecular flexibility index (Phi) is 2.99. The summed E-state index contributed by atoms with van der Waals surface area (Å²) in [5, 5.41) is 0. The summed E-state index contributed by atoms with van der Waals surface area (Å²) in [5.74, 6) is 0.828. The topological polar surface area (TPSA) is 58.7 Å². The van der Waals surface area contributed by atoms with Crippen molar-refractivity contribution in [2.45, 2.75) is 45.6 Å². The van der Waals surface area contributed by atoms with E-state index < -0.39 is 0 Å². The Balaban J connectivity index is 2.36. The average molecular weight is 249 g/mol. The van der Waals surface area contributed by atoms with Crippen LogP contribution in [-0.2, 0) is 0 Å². The van der Waals surface area contributed by atoms with Gasteiger partial charge in [-0.3, -0.25) is 0 Å². The van der Waals surface area contributed by atoms with Crippen LogP contribution in [0.5, 0.6) is 0 Å². The van der Waals surface area contributed by atoms with Crippen molar-refractivity contribution in [3.8, 4) is 0 Å². The number of hydrogen-bond acceptors (Lipinski definition) is 2. The van der Waals surface area contributed by atoms with Crippen LogP contribution in [0, 0.1) is 11.3 Å². The van der Waals surface area contributed by atoms with Gasteiger partial charge in [0.2, 0.25) is 0 Å². The Hall–Kier alpha value is -1.32. The number of aliphatic imine (C=N–C) groups is 1. The molecule has 1 heterocycles. The summed E-state index contributed by atoms with van der Waals surface area (Å²) in [4.78, 5) is 17.8. The Bertz CT molecular complexity index is 413. The van der Waals surface area contributed by atoms with Crippen LogP contribution < -0.4 is 5.73 Å². The summed E-state index contributed by atoms with van der Waals surface area (Å²) < 4.78 is 0. The van der Waals surface area contributed by atoms with Crippen molar-refractivity contribution in [2.24, 2.45) is 22.1 Å². The number of nitrogens with two attached hydrogens (primary N) is 1. The van der Waals surface area contributed by atoms with Crippen molar-refractivity contribution >= 4 is 11.9 Å². The van der Waals surface area contributed by atoms with Crippen molar-refractivity contribution < 1.29 is 4.79 Å². The van der Waals surface area contributed by atoms with Gasteiger partial charge in [-0.2, -0.15) is 4.99 Å². The van der Waals surface area contributed by atoms with Crippen LogP contribution in [0.15, 0.2) is 17.6 Å². The van der Waals surface area contributed by atoms with Gasteiger partial charge in [0.1, 0.15) is 11.4 Å². The minimum Gasteiger partial charge on any atom is -0.385 e. The maximum Gasteiger partial charge on any atom is 0.346 e. The molecule has 4 nitrogen and oxygen atoms in total. The lowest BCUT2D eigenvalue weighted by atomic mass is 9.63. The summed E-state index contributed by atoms with van der Waals surface area (Å²) in [7, 11) is 0. The largest absolute Gasteiger partial charge is 0.385 e. The number of urea groups is 1. The molecule has 0 aromatic carbocycles. The first-order valence-corrected chi connectivity index (χ1v) is 6.60. The fourth-order valence-electron chi connectivity index (χ4n) is 3.60. The van der Waals surface area contributed by atoms with Crippen molar-refractivity contribution in [3.05, 3.63) is 12.7 Å². The molecule has 2 N–H and O–H groups in total. The van der Waals surface area contributed by atoms with Crippen LogP contribution in [-0.4, -0.2) is 28.9 Å². The van der Waals surface area contributed by atoms with Gasteiger partial charge in [-0.1, -0.05) is 26.8 Å². The van der Waals surface area contributed by atoms with E-state index in [1.807, 2.05) is 0 Å². The zero-order valence-electron chi connectivity index (χ0n) is 11.6. The third-order valence-electron chi connectivity index (χ3n) is 4.54. The van der Waals surface area contributed by atoms with E-state index in [-0.39, 0.29) is 11.6 Å². The fraction of sp³-hybridized carbons (Fsp3) is 0.714. The minimum atomic E-state index is -0.374. The Morgan fingerprint density at radius 2 is 2.22 bits per heavy atom. The van der Waals surface area contributed by atoms with E-state index in [4.69, 9.17) is 5.73 Å². The zero-order valence-corrected chi connectivity index (χ0v) is 11.6. The molecule has 0 aromatic rings. The Labute approximate surface area is 109 Å². The summed E-state index contributed by atoms with van der Waals surface area (Å²) in [6.07, 6.45) is 4.77. The van der Waals surface area contributed by atoms with Gasteiger partial charge in [0.15, 0.2) is 0 Å². The smallest absolute Gasteiger partial charge is 0.346 e. The highest BCUT2D eigenvalue weighted by Crippen LogP contribution is 2.48. The SMILES string of the molecule is C=CCN1C(=O)N=C(N)C12CCC(C)(C)CC2C. The van der Waals surface area contributed by atoms with Gasteiger partial charge in [-0.25, -0.2) is 4.79 Å². The zero-order chi connectivity index (χ0) is 13.6. The third-order valence-corrected chi connectivity index (χ3v) is 4.54. The van der Waals surface area contributed by atoms with Gasteiger partial charge in [0, 0.05) is 6.54 Å². The predicted molar refractivity (Wildman–Crippen MR) is 73.4 cm³/mol. The highest BCUT2D eigenvalue weighted by atomic mass is 16.2. The number of carbonyl (C=O) groups is 1. The van der Waals surface area contributed by atoms with E-state index in [1.54, 1.807) is 11.0 Å². The Morgan fingerprint density at radius 1 is 1.56 bits per heavy atom. The van der Waals surface area contributed by atoms with Crippen LogP contribution in [0.2, 0.25) is 0 Å². The molecule has 2 aliphatic rings. The van der Waals surface area contributed by atoms with Crippen LogP contribution >= 0.6 is 0 Å². The normalized spacial score (nSPS) is 34.8. The number of carbonyl (C=O) groups excluding carboxylic acids is 1. The third kappa shape index (κ3) is 1.74. The van der Waals surface area contributed by atoms with Crippen LogP contribution in [0.3, 0.4) is 0 Å². The van der Waals surface area contributed by atoms with Gasteiger partial charge in [0.25, 0.3) is 0 Å². The molecule has 18 heavy (non-hydrogen) atoms. The molecule has 0 aromatic heterocycles. The molecule has 1 saturated carbocycles. The molecule has 1 spiro atoms. The molecule has 2 unspecified atom stereocenters. The first kappa shape index (κ1) is 13.1. The number of amidine groups is 1. The first-order chi connectivity index (χ1) is 8.33. The Morgan fingerprint density at radius 3 is 2.78 bits per heavy atom. The lowest BCUT2D eigenvalue weighted by Crippen LogP contribution is -2.61. The highest BCUT2D eigenvalue weighted by molar-refractivity contribution is 6.06. The van der Waals surface area contributed by atoms with Crippen LogP contribution in [0.25, 0.3) is 0 Å². The van der Waals surface area contributed by atoms with Crippen molar-refractivity contribution in [1.29, 1.82) is 0 Å². The minimum absolute atomic E-state index is 0.209.